The number of benzene rings is 3. The number of methoxy groups -OCH3 is 1. The third-order valence-electron chi connectivity index (χ3n) is 5.64. The molecule has 0 atom stereocenters. The van der Waals surface area contributed by atoms with Crippen LogP contribution in [0.1, 0.15) is 49.3 Å². The van der Waals surface area contributed by atoms with Crippen LogP contribution in [0.15, 0.2) is 89.1 Å². The summed E-state index contributed by atoms with van der Waals surface area (Å²) in [6.45, 7) is 8.29. The standard InChI is InChI=1S/C32H34N2O4/c1-24(2)32(35)38-22-8-6-5-7-21-37-30-18-14-28(15-19-30)33-34-31-20-13-27(23-25(31)3)10-9-26-11-16-29(36-4)17-12-26/h11-20,23H,1,5-8,21-22H2,2-4H3. The van der Waals surface area contributed by atoms with Gasteiger partial charge in [-0.2, -0.15) is 10.2 Å². The van der Waals surface area contributed by atoms with Gasteiger partial charge in [0, 0.05) is 16.7 Å². The largest absolute Gasteiger partial charge is 0.497 e. The minimum atomic E-state index is -0.323. The average molecular weight is 511 g/mol. The summed E-state index contributed by atoms with van der Waals surface area (Å²) < 4.78 is 16.1. The van der Waals surface area contributed by atoms with Gasteiger partial charge in [-0.15, -0.1) is 0 Å². The lowest BCUT2D eigenvalue weighted by atomic mass is 10.1. The minimum Gasteiger partial charge on any atom is -0.497 e. The van der Waals surface area contributed by atoms with E-state index in [0.717, 1.165) is 65.2 Å². The molecule has 0 saturated carbocycles. The lowest BCUT2D eigenvalue weighted by Gasteiger charge is -2.07. The molecule has 6 nitrogen and oxygen atoms in total. The third kappa shape index (κ3) is 9.59. The number of rotatable bonds is 12. The number of hydrogen-bond donors (Lipinski definition) is 0. The van der Waals surface area contributed by atoms with Crippen molar-refractivity contribution < 1.29 is 19.0 Å². The fourth-order valence-corrected chi connectivity index (χ4v) is 3.42. The van der Waals surface area contributed by atoms with Crippen LogP contribution in [0.2, 0.25) is 0 Å². The highest BCUT2D eigenvalue weighted by molar-refractivity contribution is 5.86. The Morgan fingerprint density at radius 1 is 0.816 bits per heavy atom. The van der Waals surface area contributed by atoms with Crippen molar-refractivity contribution in [1.29, 1.82) is 0 Å². The molecular formula is C32H34N2O4. The van der Waals surface area contributed by atoms with Crippen molar-refractivity contribution >= 4 is 17.3 Å². The van der Waals surface area contributed by atoms with Crippen molar-refractivity contribution in [2.24, 2.45) is 10.2 Å². The number of ether oxygens (including phenoxy) is 3. The van der Waals surface area contributed by atoms with Gasteiger partial charge in [-0.1, -0.05) is 18.4 Å². The summed E-state index contributed by atoms with van der Waals surface area (Å²) in [4.78, 5) is 11.3. The van der Waals surface area contributed by atoms with Crippen LogP contribution < -0.4 is 9.47 Å². The predicted octanol–water partition coefficient (Wildman–Crippen LogP) is 7.88. The van der Waals surface area contributed by atoms with E-state index in [1.165, 1.54) is 0 Å². The Balaban J connectivity index is 1.41. The van der Waals surface area contributed by atoms with E-state index >= 15 is 0 Å². The van der Waals surface area contributed by atoms with Crippen LogP contribution in [0, 0.1) is 18.8 Å². The molecule has 0 aliphatic heterocycles. The quantitative estimate of drug-likeness (QED) is 0.0817. The van der Waals surface area contributed by atoms with E-state index in [1.807, 2.05) is 73.7 Å². The van der Waals surface area contributed by atoms with E-state index in [9.17, 15) is 4.79 Å². The summed E-state index contributed by atoms with van der Waals surface area (Å²) in [6.07, 6.45) is 3.79. The number of aryl methyl sites for hydroxylation is 1. The van der Waals surface area contributed by atoms with Gasteiger partial charge in [0.25, 0.3) is 0 Å². The van der Waals surface area contributed by atoms with Gasteiger partial charge in [-0.05, 0) is 112 Å². The monoisotopic (exact) mass is 510 g/mol. The number of nitrogens with zero attached hydrogens (tertiary/aromatic N) is 2. The minimum absolute atomic E-state index is 0.323. The Labute approximate surface area is 225 Å². The number of hydrogen-bond acceptors (Lipinski definition) is 6. The Hall–Kier alpha value is -4.37. The zero-order valence-electron chi connectivity index (χ0n) is 22.3. The lowest BCUT2D eigenvalue weighted by molar-refractivity contribution is -0.139. The summed E-state index contributed by atoms with van der Waals surface area (Å²) in [5, 5.41) is 8.76. The summed E-state index contributed by atoms with van der Waals surface area (Å²) in [5.41, 5.74) is 4.84. The van der Waals surface area contributed by atoms with Gasteiger partial charge in [-0.3, -0.25) is 0 Å². The first-order valence-electron chi connectivity index (χ1n) is 12.7. The molecule has 0 aliphatic rings. The number of azo groups is 1. The molecule has 0 heterocycles. The number of carbonyl (C=O) groups is 1. The van der Waals surface area contributed by atoms with E-state index in [-0.39, 0.29) is 5.97 Å². The molecule has 0 unspecified atom stereocenters. The second kappa shape index (κ2) is 15.0. The van der Waals surface area contributed by atoms with Crippen molar-refractivity contribution in [3.05, 3.63) is 95.6 Å². The molecule has 38 heavy (non-hydrogen) atoms. The molecule has 3 rings (SSSR count). The van der Waals surface area contributed by atoms with Gasteiger partial charge in [0.1, 0.15) is 11.5 Å². The normalized spacial score (nSPS) is 10.5. The molecule has 0 fully saturated rings. The fourth-order valence-electron chi connectivity index (χ4n) is 3.42. The number of unbranched alkanes of at least 4 members (excludes halogenated alkanes) is 3. The summed E-state index contributed by atoms with van der Waals surface area (Å²) >= 11 is 0. The molecular weight excluding hydrogens is 476 g/mol. The van der Waals surface area contributed by atoms with Crippen LogP contribution in [0.5, 0.6) is 11.5 Å². The highest BCUT2D eigenvalue weighted by Gasteiger charge is 2.02. The first-order valence-corrected chi connectivity index (χ1v) is 12.7. The maximum atomic E-state index is 11.3. The Morgan fingerprint density at radius 3 is 2.11 bits per heavy atom. The van der Waals surface area contributed by atoms with Crippen molar-refractivity contribution in [3.8, 4) is 23.3 Å². The molecule has 0 radical (unpaired) electrons. The molecule has 3 aromatic rings. The molecule has 0 N–H and O–H groups in total. The van der Waals surface area contributed by atoms with Crippen LogP contribution in [-0.2, 0) is 9.53 Å². The Bertz CT molecular complexity index is 1300. The molecule has 0 aromatic heterocycles. The first kappa shape index (κ1) is 28.2. The van der Waals surface area contributed by atoms with Crippen molar-refractivity contribution in [1.82, 2.24) is 0 Å². The Kier molecular flexibility index (Phi) is 11.1. The van der Waals surface area contributed by atoms with E-state index < -0.39 is 0 Å². The maximum absolute atomic E-state index is 11.3. The molecule has 0 bridgehead atoms. The smallest absolute Gasteiger partial charge is 0.333 e. The van der Waals surface area contributed by atoms with Gasteiger partial charge in [0.15, 0.2) is 0 Å². The zero-order valence-corrected chi connectivity index (χ0v) is 22.3. The first-order chi connectivity index (χ1) is 18.4. The van der Waals surface area contributed by atoms with Crippen molar-refractivity contribution in [2.45, 2.75) is 39.5 Å². The lowest BCUT2D eigenvalue weighted by Crippen LogP contribution is -2.06. The molecule has 3 aromatic carbocycles. The number of esters is 1. The van der Waals surface area contributed by atoms with Crippen LogP contribution >= 0.6 is 0 Å². The van der Waals surface area contributed by atoms with E-state index in [1.54, 1.807) is 14.0 Å². The maximum Gasteiger partial charge on any atom is 0.333 e. The second-order valence-corrected chi connectivity index (χ2v) is 8.85. The summed E-state index contributed by atoms with van der Waals surface area (Å²) in [6, 6.07) is 21.1. The van der Waals surface area contributed by atoms with Crippen LogP contribution in [0.25, 0.3) is 0 Å². The van der Waals surface area contributed by atoms with Gasteiger partial charge >= 0.3 is 5.97 Å². The number of carbonyl (C=O) groups excluding carboxylic acids is 1. The third-order valence-corrected chi connectivity index (χ3v) is 5.64. The molecule has 6 heteroatoms. The summed E-state index contributed by atoms with van der Waals surface area (Å²) in [7, 11) is 1.65. The molecule has 0 saturated heterocycles. The molecule has 0 spiro atoms. The van der Waals surface area contributed by atoms with E-state index in [4.69, 9.17) is 14.2 Å². The van der Waals surface area contributed by atoms with Crippen LogP contribution in [-0.4, -0.2) is 26.3 Å². The average Bonchev–Trinajstić information content (AvgIpc) is 2.93. The summed E-state index contributed by atoms with van der Waals surface area (Å²) in [5.74, 6) is 7.65. The van der Waals surface area contributed by atoms with Gasteiger partial charge in [-0.25, -0.2) is 4.79 Å². The molecule has 0 amide bonds. The zero-order chi connectivity index (χ0) is 27.2. The molecule has 0 aliphatic carbocycles. The highest BCUT2D eigenvalue weighted by atomic mass is 16.5. The van der Waals surface area contributed by atoms with Gasteiger partial charge in [0.2, 0.25) is 0 Å². The highest BCUT2D eigenvalue weighted by Crippen LogP contribution is 2.24. The predicted molar refractivity (Wildman–Crippen MR) is 151 cm³/mol. The van der Waals surface area contributed by atoms with E-state index in [2.05, 4.69) is 28.6 Å². The van der Waals surface area contributed by atoms with E-state index in [0.29, 0.717) is 18.8 Å². The van der Waals surface area contributed by atoms with Crippen molar-refractivity contribution in [3.63, 3.8) is 0 Å². The second-order valence-electron chi connectivity index (χ2n) is 8.85. The van der Waals surface area contributed by atoms with Gasteiger partial charge in [0.05, 0.1) is 31.7 Å². The van der Waals surface area contributed by atoms with Crippen LogP contribution in [0.4, 0.5) is 11.4 Å². The van der Waals surface area contributed by atoms with Crippen molar-refractivity contribution in [2.75, 3.05) is 20.3 Å². The Morgan fingerprint density at radius 2 is 1.45 bits per heavy atom. The molecule has 196 valence electrons. The van der Waals surface area contributed by atoms with Gasteiger partial charge < -0.3 is 14.2 Å². The SMILES string of the molecule is C=C(C)C(=O)OCCCCCCOc1ccc(N=Nc2ccc(C#Cc3ccc(OC)cc3)cc2C)cc1. The fraction of sp³-hybridized carbons (Fsp3) is 0.281. The van der Waals surface area contributed by atoms with Crippen LogP contribution in [0.3, 0.4) is 0 Å². The topological polar surface area (TPSA) is 69.5 Å².